The molecule has 5 nitrogen and oxygen atoms in total. The lowest BCUT2D eigenvalue weighted by molar-refractivity contribution is -0.123. The molecule has 21 heavy (non-hydrogen) atoms. The number of nitrogens with zero attached hydrogens (tertiary/aromatic N) is 1. The zero-order chi connectivity index (χ0) is 15.2. The number of amides is 1. The Bertz CT molecular complexity index is 646. The first-order valence-corrected chi connectivity index (χ1v) is 6.61. The van der Waals surface area contributed by atoms with Crippen molar-refractivity contribution in [3.63, 3.8) is 0 Å². The van der Waals surface area contributed by atoms with Crippen LogP contribution in [0.4, 0.5) is 5.69 Å². The van der Waals surface area contributed by atoms with Gasteiger partial charge in [0.2, 0.25) is 0 Å². The van der Waals surface area contributed by atoms with E-state index >= 15 is 0 Å². The first-order chi connectivity index (χ1) is 10.1. The van der Waals surface area contributed by atoms with Crippen molar-refractivity contribution in [1.29, 1.82) is 0 Å². The highest BCUT2D eigenvalue weighted by Gasteiger charge is 2.19. The van der Waals surface area contributed by atoms with E-state index in [4.69, 9.17) is 16.3 Å². The second-order valence-electron chi connectivity index (χ2n) is 4.29. The zero-order valence-corrected chi connectivity index (χ0v) is 12.0. The number of ether oxygens (including phenoxy) is 1. The van der Waals surface area contributed by atoms with Crippen LogP contribution in [0.2, 0.25) is 5.02 Å². The molecule has 0 spiro atoms. The van der Waals surface area contributed by atoms with Crippen LogP contribution in [0.25, 0.3) is 0 Å². The van der Waals surface area contributed by atoms with Crippen molar-refractivity contribution in [2.24, 2.45) is 0 Å². The Balaban J connectivity index is 1.95. The van der Waals surface area contributed by atoms with Gasteiger partial charge in [-0.25, -0.2) is 4.79 Å². The topological polar surface area (TPSA) is 68.3 Å². The van der Waals surface area contributed by atoms with Gasteiger partial charge in [0.15, 0.2) is 6.10 Å². The second kappa shape index (κ2) is 6.85. The van der Waals surface area contributed by atoms with Gasteiger partial charge in [-0.15, -0.1) is 0 Å². The number of hydrogen-bond donors (Lipinski definition) is 1. The van der Waals surface area contributed by atoms with Crippen molar-refractivity contribution in [2.75, 3.05) is 5.32 Å². The van der Waals surface area contributed by atoms with E-state index in [1.54, 1.807) is 42.6 Å². The monoisotopic (exact) mass is 304 g/mol. The number of nitrogens with one attached hydrogen (secondary N) is 1. The van der Waals surface area contributed by atoms with Gasteiger partial charge in [0.25, 0.3) is 5.91 Å². The van der Waals surface area contributed by atoms with E-state index in [1.807, 2.05) is 0 Å². The smallest absolute Gasteiger partial charge is 0.340 e. The van der Waals surface area contributed by atoms with E-state index in [-0.39, 0.29) is 0 Å². The molecule has 0 fully saturated rings. The van der Waals surface area contributed by atoms with E-state index in [9.17, 15) is 9.59 Å². The Hall–Kier alpha value is -2.40. The van der Waals surface area contributed by atoms with E-state index in [0.29, 0.717) is 16.3 Å². The van der Waals surface area contributed by atoms with E-state index in [0.717, 1.165) is 0 Å². The molecular weight excluding hydrogens is 292 g/mol. The number of carbonyl (C=O) groups is 2. The zero-order valence-electron chi connectivity index (χ0n) is 11.2. The molecule has 0 saturated carbocycles. The Morgan fingerprint density at radius 3 is 2.76 bits per heavy atom. The predicted octanol–water partition coefficient (Wildman–Crippen LogP) is 2.92. The number of hydrogen-bond acceptors (Lipinski definition) is 4. The summed E-state index contributed by atoms with van der Waals surface area (Å²) < 4.78 is 5.08. The summed E-state index contributed by atoms with van der Waals surface area (Å²) in [5.41, 5.74) is 0.830. The lowest BCUT2D eigenvalue weighted by atomic mass is 10.2. The van der Waals surface area contributed by atoms with E-state index < -0.39 is 18.0 Å². The van der Waals surface area contributed by atoms with Gasteiger partial charge in [0.1, 0.15) is 0 Å². The average Bonchev–Trinajstić information content (AvgIpc) is 2.48. The summed E-state index contributed by atoms with van der Waals surface area (Å²) in [5, 5.41) is 3.13. The van der Waals surface area contributed by atoms with E-state index in [2.05, 4.69) is 10.3 Å². The Kier molecular flexibility index (Phi) is 4.90. The van der Waals surface area contributed by atoms with Gasteiger partial charge in [-0.05, 0) is 37.3 Å². The fraction of sp³-hybridized carbons (Fsp3) is 0.133. The molecule has 1 aromatic carbocycles. The first kappa shape index (κ1) is 15.0. The Morgan fingerprint density at radius 1 is 1.29 bits per heavy atom. The molecule has 0 aliphatic rings. The molecule has 2 aromatic rings. The van der Waals surface area contributed by atoms with Gasteiger partial charge in [-0.1, -0.05) is 17.7 Å². The molecule has 108 valence electrons. The maximum atomic E-state index is 11.9. The van der Waals surface area contributed by atoms with Gasteiger partial charge in [0, 0.05) is 23.1 Å². The molecule has 6 heteroatoms. The number of carbonyl (C=O) groups excluding carboxylic acids is 2. The SMILES string of the molecule is CC(OC(=O)c1cccnc1)C(=O)Nc1cccc(Cl)c1. The van der Waals surface area contributed by atoms with Crippen LogP contribution in [0.1, 0.15) is 17.3 Å². The molecular formula is C15H13ClN2O3. The van der Waals surface area contributed by atoms with E-state index in [1.165, 1.54) is 13.1 Å². The van der Waals surface area contributed by atoms with Crippen LogP contribution in [-0.4, -0.2) is 23.0 Å². The van der Waals surface area contributed by atoms with Crippen molar-refractivity contribution in [2.45, 2.75) is 13.0 Å². The highest BCUT2D eigenvalue weighted by Crippen LogP contribution is 2.15. The van der Waals surface area contributed by atoms with Crippen molar-refractivity contribution >= 4 is 29.2 Å². The molecule has 1 amide bonds. The Labute approximate surface area is 126 Å². The van der Waals surface area contributed by atoms with Crippen molar-refractivity contribution in [3.8, 4) is 0 Å². The molecule has 1 unspecified atom stereocenters. The standard InChI is InChI=1S/C15H13ClN2O3/c1-10(21-15(20)11-4-3-7-17-9-11)14(19)18-13-6-2-5-12(16)8-13/h2-10H,1H3,(H,18,19). The normalized spacial score (nSPS) is 11.5. The van der Waals surface area contributed by atoms with Gasteiger partial charge >= 0.3 is 5.97 Å². The van der Waals surface area contributed by atoms with Crippen LogP contribution in [0.3, 0.4) is 0 Å². The van der Waals surface area contributed by atoms with Crippen molar-refractivity contribution < 1.29 is 14.3 Å². The van der Waals surface area contributed by atoms with Crippen LogP contribution < -0.4 is 5.32 Å². The number of anilines is 1. The van der Waals surface area contributed by atoms with Crippen LogP contribution in [-0.2, 0) is 9.53 Å². The number of pyridine rings is 1. The predicted molar refractivity (Wildman–Crippen MR) is 79.2 cm³/mol. The molecule has 1 N–H and O–H groups in total. The Morgan fingerprint density at radius 2 is 2.10 bits per heavy atom. The summed E-state index contributed by atoms with van der Waals surface area (Å²) in [6, 6.07) is 9.89. The fourth-order valence-corrected chi connectivity index (χ4v) is 1.77. The van der Waals surface area contributed by atoms with Gasteiger partial charge < -0.3 is 10.1 Å². The molecule has 1 atom stereocenters. The molecule has 1 heterocycles. The summed E-state index contributed by atoms with van der Waals surface area (Å²) in [5.74, 6) is -1.04. The summed E-state index contributed by atoms with van der Waals surface area (Å²) in [4.78, 5) is 27.6. The maximum Gasteiger partial charge on any atom is 0.340 e. The lowest BCUT2D eigenvalue weighted by Gasteiger charge is -2.13. The third-order valence-electron chi connectivity index (χ3n) is 2.64. The number of aromatic nitrogens is 1. The minimum atomic E-state index is -0.934. The molecule has 1 aromatic heterocycles. The van der Waals surface area contributed by atoms with Gasteiger partial charge in [0.05, 0.1) is 5.56 Å². The van der Waals surface area contributed by atoms with Crippen LogP contribution >= 0.6 is 11.6 Å². The maximum absolute atomic E-state index is 11.9. The van der Waals surface area contributed by atoms with Crippen molar-refractivity contribution in [3.05, 3.63) is 59.4 Å². The largest absolute Gasteiger partial charge is 0.449 e. The summed E-state index contributed by atoms with van der Waals surface area (Å²) >= 11 is 5.83. The quantitative estimate of drug-likeness (QED) is 0.882. The first-order valence-electron chi connectivity index (χ1n) is 6.23. The second-order valence-corrected chi connectivity index (χ2v) is 4.73. The van der Waals surface area contributed by atoms with Gasteiger partial charge in [-0.3, -0.25) is 9.78 Å². The molecule has 0 aliphatic heterocycles. The van der Waals surface area contributed by atoms with Crippen LogP contribution in [0.5, 0.6) is 0 Å². The number of halogens is 1. The average molecular weight is 305 g/mol. The fourth-order valence-electron chi connectivity index (χ4n) is 1.58. The number of benzene rings is 1. The number of esters is 1. The molecule has 0 aliphatic carbocycles. The van der Waals surface area contributed by atoms with Crippen LogP contribution in [0.15, 0.2) is 48.8 Å². The highest BCUT2D eigenvalue weighted by molar-refractivity contribution is 6.30. The third kappa shape index (κ3) is 4.29. The third-order valence-corrected chi connectivity index (χ3v) is 2.88. The molecule has 0 bridgehead atoms. The lowest BCUT2D eigenvalue weighted by Crippen LogP contribution is -2.30. The summed E-state index contributed by atoms with van der Waals surface area (Å²) in [6.07, 6.45) is 1.99. The number of rotatable bonds is 4. The molecule has 0 radical (unpaired) electrons. The van der Waals surface area contributed by atoms with Crippen LogP contribution in [0, 0.1) is 0 Å². The van der Waals surface area contributed by atoms with Crippen molar-refractivity contribution in [1.82, 2.24) is 4.98 Å². The minimum Gasteiger partial charge on any atom is -0.449 e. The minimum absolute atomic E-state index is 0.292. The summed E-state index contributed by atoms with van der Waals surface area (Å²) in [7, 11) is 0. The highest BCUT2D eigenvalue weighted by atomic mass is 35.5. The summed E-state index contributed by atoms with van der Waals surface area (Å²) in [6.45, 7) is 1.49. The molecule has 0 saturated heterocycles. The van der Waals surface area contributed by atoms with Gasteiger partial charge in [-0.2, -0.15) is 0 Å². The molecule has 2 rings (SSSR count).